The molecule has 1 heterocycles. The van der Waals surface area contributed by atoms with Gasteiger partial charge in [-0.15, -0.1) is 0 Å². The SMILES string of the molecule is CCCC1OC(=O)C(C)CNC(=O)C(Cc2ccc(OC)c(Cl)c2)NC(=O)/C=C/CC(C(C)/C=C/c2ccccc2)OC1=O. The maximum Gasteiger partial charge on any atom is 0.347 e. The Morgan fingerprint density at radius 3 is 2.50 bits per heavy atom. The summed E-state index contributed by atoms with van der Waals surface area (Å²) in [6, 6.07) is 13.9. The first-order valence-electron chi connectivity index (χ1n) is 14.8. The highest BCUT2D eigenvalue weighted by Gasteiger charge is 2.30. The second-order valence-electron chi connectivity index (χ2n) is 10.8. The van der Waals surface area contributed by atoms with Gasteiger partial charge in [0.2, 0.25) is 11.8 Å². The zero-order valence-electron chi connectivity index (χ0n) is 25.6. The molecular weight excluding hydrogens is 584 g/mol. The fourth-order valence-electron chi connectivity index (χ4n) is 4.56. The molecule has 1 aliphatic heterocycles. The minimum absolute atomic E-state index is 0.0545. The minimum atomic E-state index is -1.09. The first-order chi connectivity index (χ1) is 21.1. The lowest BCUT2D eigenvalue weighted by molar-refractivity contribution is -0.175. The van der Waals surface area contributed by atoms with Gasteiger partial charge in [-0.05, 0) is 35.8 Å². The van der Waals surface area contributed by atoms with Gasteiger partial charge in [-0.3, -0.25) is 14.4 Å². The number of amides is 2. The van der Waals surface area contributed by atoms with Crippen LogP contribution >= 0.6 is 11.6 Å². The molecule has 3 rings (SSSR count). The molecule has 0 saturated heterocycles. The monoisotopic (exact) mass is 624 g/mol. The van der Waals surface area contributed by atoms with Gasteiger partial charge in [0.25, 0.3) is 0 Å². The fourth-order valence-corrected chi connectivity index (χ4v) is 4.84. The van der Waals surface area contributed by atoms with Crippen molar-refractivity contribution in [2.45, 2.75) is 64.7 Å². The Labute approximate surface area is 264 Å². The number of carbonyl (C=O) groups is 4. The molecule has 2 N–H and O–H groups in total. The van der Waals surface area contributed by atoms with Gasteiger partial charge >= 0.3 is 11.9 Å². The predicted molar refractivity (Wildman–Crippen MR) is 169 cm³/mol. The van der Waals surface area contributed by atoms with Gasteiger partial charge in [0.1, 0.15) is 17.9 Å². The van der Waals surface area contributed by atoms with Crippen LogP contribution in [0.2, 0.25) is 5.02 Å². The third-order valence-electron chi connectivity index (χ3n) is 7.23. The van der Waals surface area contributed by atoms with Crippen LogP contribution in [0.3, 0.4) is 0 Å². The molecule has 2 amide bonds. The Kier molecular flexibility index (Phi) is 13.5. The van der Waals surface area contributed by atoms with E-state index in [0.717, 1.165) is 5.56 Å². The minimum Gasteiger partial charge on any atom is -0.495 e. The summed E-state index contributed by atoms with van der Waals surface area (Å²) in [4.78, 5) is 52.4. The topological polar surface area (TPSA) is 120 Å². The lowest BCUT2D eigenvalue weighted by atomic mass is 9.99. The number of halogens is 1. The number of cyclic esters (lactones) is 2. The van der Waals surface area contributed by atoms with Gasteiger partial charge in [0.15, 0.2) is 6.10 Å². The largest absolute Gasteiger partial charge is 0.495 e. The molecule has 5 unspecified atom stereocenters. The number of rotatable bonds is 8. The van der Waals surface area contributed by atoms with Gasteiger partial charge < -0.3 is 24.8 Å². The quantitative estimate of drug-likeness (QED) is 0.394. The molecule has 9 nitrogen and oxygen atoms in total. The van der Waals surface area contributed by atoms with E-state index in [4.69, 9.17) is 25.8 Å². The van der Waals surface area contributed by atoms with Crippen molar-refractivity contribution in [2.75, 3.05) is 13.7 Å². The van der Waals surface area contributed by atoms with Crippen molar-refractivity contribution in [3.05, 3.63) is 82.9 Å². The number of hydrogen-bond donors (Lipinski definition) is 2. The molecule has 44 heavy (non-hydrogen) atoms. The molecule has 0 spiro atoms. The summed E-state index contributed by atoms with van der Waals surface area (Å²) in [7, 11) is 1.51. The average molecular weight is 625 g/mol. The van der Waals surface area contributed by atoms with Gasteiger partial charge in [0.05, 0.1) is 18.1 Å². The van der Waals surface area contributed by atoms with Crippen LogP contribution in [0.5, 0.6) is 5.75 Å². The molecule has 236 valence electrons. The molecule has 0 saturated carbocycles. The summed E-state index contributed by atoms with van der Waals surface area (Å²) >= 11 is 6.28. The van der Waals surface area contributed by atoms with Crippen LogP contribution in [0.15, 0.2) is 66.8 Å². The highest BCUT2D eigenvalue weighted by Crippen LogP contribution is 2.25. The van der Waals surface area contributed by atoms with Crippen LogP contribution in [0.1, 0.15) is 51.2 Å². The average Bonchev–Trinajstić information content (AvgIpc) is 3.01. The van der Waals surface area contributed by atoms with Gasteiger partial charge in [-0.2, -0.15) is 0 Å². The van der Waals surface area contributed by atoms with E-state index < -0.39 is 47.9 Å². The molecule has 5 atom stereocenters. The summed E-state index contributed by atoms with van der Waals surface area (Å²) in [6.07, 6.45) is 6.31. The first kappa shape index (κ1) is 34.4. The standard InChI is InChI=1S/C34H41ClN2O7/c1-5-10-30-34(41)43-28(22(2)15-16-24-11-7-6-8-12-24)13-9-14-31(38)37-27(32(39)36-21-23(3)33(40)44-30)20-25-17-18-29(42-4)26(35)19-25/h6-9,11-12,14-19,22-23,27-28,30H,5,10,13,20-21H2,1-4H3,(H,36,39)(H,37,38)/b14-9+,16-15+. The number of methoxy groups -OCH3 is 1. The molecule has 2 aromatic rings. The Hall–Kier alpha value is -4.11. The van der Waals surface area contributed by atoms with Crippen LogP contribution in [0, 0.1) is 11.8 Å². The van der Waals surface area contributed by atoms with Gasteiger partial charge in [-0.25, -0.2) is 4.79 Å². The molecule has 0 radical (unpaired) electrons. The summed E-state index contributed by atoms with van der Waals surface area (Å²) in [5.74, 6) is -2.76. The van der Waals surface area contributed by atoms with E-state index in [1.807, 2.05) is 56.3 Å². The molecule has 10 heteroatoms. The summed E-state index contributed by atoms with van der Waals surface area (Å²) in [5.41, 5.74) is 1.69. The van der Waals surface area contributed by atoms with E-state index in [0.29, 0.717) is 22.8 Å². The van der Waals surface area contributed by atoms with Crippen LogP contribution in [-0.2, 0) is 35.1 Å². The highest BCUT2D eigenvalue weighted by molar-refractivity contribution is 6.32. The van der Waals surface area contributed by atoms with Crippen molar-refractivity contribution in [3.63, 3.8) is 0 Å². The van der Waals surface area contributed by atoms with Crippen LogP contribution in [-0.4, -0.2) is 55.7 Å². The van der Waals surface area contributed by atoms with Crippen molar-refractivity contribution in [2.24, 2.45) is 11.8 Å². The summed E-state index contributed by atoms with van der Waals surface area (Å²) in [5, 5.41) is 5.84. The maximum absolute atomic E-state index is 13.2. The van der Waals surface area contributed by atoms with Crippen molar-refractivity contribution in [1.29, 1.82) is 0 Å². The smallest absolute Gasteiger partial charge is 0.347 e. The molecule has 0 fully saturated rings. The fraction of sp³-hybridized carbons (Fsp3) is 0.412. The van der Waals surface area contributed by atoms with Crippen LogP contribution in [0.25, 0.3) is 6.08 Å². The third-order valence-corrected chi connectivity index (χ3v) is 7.52. The normalized spacial score (nSPS) is 23.7. The van der Waals surface area contributed by atoms with Crippen LogP contribution in [0.4, 0.5) is 0 Å². The zero-order valence-corrected chi connectivity index (χ0v) is 26.3. The van der Waals surface area contributed by atoms with Gasteiger partial charge in [-0.1, -0.05) is 93.4 Å². The Morgan fingerprint density at radius 2 is 1.82 bits per heavy atom. The lowest BCUT2D eigenvalue weighted by Crippen LogP contribution is -2.49. The van der Waals surface area contributed by atoms with Gasteiger partial charge in [0, 0.05) is 25.3 Å². The molecule has 0 bridgehead atoms. The molecule has 0 aliphatic carbocycles. The molecule has 0 aromatic heterocycles. The highest BCUT2D eigenvalue weighted by atomic mass is 35.5. The molecule has 1 aliphatic rings. The second kappa shape index (κ2) is 17.3. The second-order valence-corrected chi connectivity index (χ2v) is 11.2. The van der Waals surface area contributed by atoms with E-state index in [2.05, 4.69) is 10.6 Å². The van der Waals surface area contributed by atoms with E-state index in [1.165, 1.54) is 13.2 Å². The maximum atomic E-state index is 13.2. The zero-order chi connectivity index (χ0) is 32.1. The molecular formula is C34H41ClN2O7. The van der Waals surface area contributed by atoms with Crippen LogP contribution < -0.4 is 15.4 Å². The third kappa shape index (κ3) is 10.6. The summed E-state index contributed by atoms with van der Waals surface area (Å²) in [6.45, 7) is 5.33. The Morgan fingerprint density at radius 1 is 1.07 bits per heavy atom. The lowest BCUT2D eigenvalue weighted by Gasteiger charge is -2.25. The molecule has 2 aromatic carbocycles. The van der Waals surface area contributed by atoms with Crippen molar-refractivity contribution >= 4 is 41.4 Å². The Bertz CT molecular complexity index is 1340. The van der Waals surface area contributed by atoms with E-state index in [-0.39, 0.29) is 31.7 Å². The number of esters is 2. The Balaban J connectivity index is 1.88. The van der Waals surface area contributed by atoms with Crippen molar-refractivity contribution in [1.82, 2.24) is 10.6 Å². The predicted octanol–water partition coefficient (Wildman–Crippen LogP) is 5.06. The first-order valence-corrected chi connectivity index (χ1v) is 15.2. The van der Waals surface area contributed by atoms with E-state index in [9.17, 15) is 19.2 Å². The van der Waals surface area contributed by atoms with E-state index in [1.54, 1.807) is 31.2 Å². The summed E-state index contributed by atoms with van der Waals surface area (Å²) < 4.78 is 16.7. The number of nitrogens with one attached hydrogen (secondary N) is 2. The number of ether oxygens (including phenoxy) is 3. The van der Waals surface area contributed by atoms with Crippen molar-refractivity contribution in [3.8, 4) is 5.75 Å². The van der Waals surface area contributed by atoms with E-state index >= 15 is 0 Å². The van der Waals surface area contributed by atoms with Crippen molar-refractivity contribution < 1.29 is 33.4 Å². The number of hydrogen-bond acceptors (Lipinski definition) is 7. The number of carbonyl (C=O) groups excluding carboxylic acids is 4. The number of benzene rings is 2.